The number of aromatic nitrogens is 1. The first-order chi connectivity index (χ1) is 19.7. The predicted molar refractivity (Wildman–Crippen MR) is 130 cm³/mol. The van der Waals surface area contributed by atoms with E-state index in [9.17, 15) is 22.8 Å². The van der Waals surface area contributed by atoms with Gasteiger partial charge in [0.1, 0.15) is 28.6 Å². The fourth-order valence-corrected chi connectivity index (χ4v) is 3.66. The van der Waals surface area contributed by atoms with Gasteiger partial charge >= 0.3 is 6.36 Å². The number of alkyl halides is 3. The number of hydrogen-bond donors (Lipinski definition) is 2. The summed E-state index contributed by atoms with van der Waals surface area (Å²) in [6.45, 7) is 0.588. The number of nitrogens with one attached hydrogen (secondary N) is 1. The Kier molecular flexibility index (Phi) is 6.85. The van der Waals surface area contributed by atoms with E-state index in [1.807, 2.05) is 0 Å². The smallest absolute Gasteiger partial charge is 0.493 e. The van der Waals surface area contributed by atoms with Crippen LogP contribution in [0, 0.1) is 5.82 Å². The van der Waals surface area contributed by atoms with Crippen LogP contribution in [0.3, 0.4) is 0 Å². The van der Waals surface area contributed by atoms with Crippen molar-refractivity contribution in [3.8, 4) is 23.0 Å². The van der Waals surface area contributed by atoms with Gasteiger partial charge in [-0.3, -0.25) is 14.6 Å². The van der Waals surface area contributed by atoms with Crippen LogP contribution in [0.25, 0.3) is 5.57 Å². The molecule has 0 spiro atoms. The summed E-state index contributed by atoms with van der Waals surface area (Å²) in [5, 5.41) is 2.40. The van der Waals surface area contributed by atoms with Gasteiger partial charge in [0.15, 0.2) is 11.5 Å². The maximum Gasteiger partial charge on any atom is 0.573 e. The number of nitrogens with zero attached hydrogens (tertiary/aromatic N) is 1. The lowest BCUT2D eigenvalue weighted by molar-refractivity contribution is -0.274. The topological polar surface area (TPSA) is 122 Å². The highest BCUT2D eigenvalue weighted by molar-refractivity contribution is 6.07. The Labute approximate surface area is 223 Å². The van der Waals surface area contributed by atoms with E-state index in [4.69, 9.17) is 24.1 Å². The van der Waals surface area contributed by atoms with Crippen molar-refractivity contribution in [2.45, 2.75) is 12.8 Å². The van der Waals surface area contributed by atoms with Gasteiger partial charge in [-0.1, -0.05) is 6.08 Å². The van der Waals surface area contributed by atoms with Crippen molar-refractivity contribution in [3.63, 3.8) is 0 Å². The summed E-state index contributed by atoms with van der Waals surface area (Å²) >= 11 is 0. The van der Waals surface area contributed by atoms with Gasteiger partial charge in [0.2, 0.25) is 0 Å². The molecule has 2 heterocycles. The van der Waals surface area contributed by atoms with E-state index < -0.39 is 59.6 Å². The number of hydrogen-bond acceptors (Lipinski definition) is 7. The maximum absolute atomic E-state index is 15.6. The van der Waals surface area contributed by atoms with Crippen LogP contribution in [0.2, 0.25) is 0 Å². The first-order valence-corrected chi connectivity index (χ1v) is 11.1. The second kappa shape index (κ2) is 11.4. The predicted octanol–water partition coefficient (Wildman–Crippen LogP) is 5.08. The summed E-state index contributed by atoms with van der Waals surface area (Å²) in [4.78, 5) is 28.5. The molecule has 0 unspecified atom stereocenters. The molecule has 2 aromatic carbocycles. The van der Waals surface area contributed by atoms with Crippen molar-refractivity contribution in [2.75, 3.05) is 25.6 Å². The fourth-order valence-electron chi connectivity index (χ4n) is 3.66. The number of rotatable bonds is 8. The molecule has 1 aromatic heterocycles. The molecule has 0 atom stereocenters. The van der Waals surface area contributed by atoms with Crippen LogP contribution in [-0.4, -0.2) is 43.4 Å². The van der Waals surface area contributed by atoms with Crippen LogP contribution >= 0.6 is 0 Å². The first-order valence-electron chi connectivity index (χ1n) is 12.6. The Morgan fingerprint density at radius 1 is 1.13 bits per heavy atom. The van der Waals surface area contributed by atoms with Crippen molar-refractivity contribution in [2.24, 2.45) is 5.73 Å². The Hall–Kier alpha value is -4.65. The summed E-state index contributed by atoms with van der Waals surface area (Å²) in [6, 6.07) is 7.20. The molecule has 3 aromatic rings. The van der Waals surface area contributed by atoms with Crippen molar-refractivity contribution in [1.29, 1.82) is 0 Å². The quantitative estimate of drug-likeness (QED) is 0.376. The number of ether oxygens (including phenoxy) is 4. The van der Waals surface area contributed by atoms with Gasteiger partial charge in [-0.15, -0.1) is 13.2 Å². The van der Waals surface area contributed by atoms with Crippen LogP contribution in [-0.2, 0) is 4.74 Å². The van der Waals surface area contributed by atoms with Crippen molar-refractivity contribution < 1.29 is 50.2 Å². The molecule has 0 fully saturated rings. The van der Waals surface area contributed by atoms with E-state index in [0.717, 1.165) is 24.3 Å². The SMILES string of the molecule is [2H]C([2H])([2H])Oc1cc(OC(F)(F)F)ccc1Oc1cc(C2=CCOCC2)cc(F)c1C(=O)Nc1ccnc(C(N)=O)c1. The largest absolute Gasteiger partial charge is 0.573 e. The summed E-state index contributed by atoms with van der Waals surface area (Å²) in [7, 11) is -3.13. The Balaban J connectivity index is 1.79. The summed E-state index contributed by atoms with van der Waals surface area (Å²) in [5.41, 5.74) is 5.38. The summed E-state index contributed by atoms with van der Waals surface area (Å²) in [5.74, 6) is -5.40. The highest BCUT2D eigenvalue weighted by atomic mass is 19.4. The molecule has 0 radical (unpaired) electrons. The van der Waals surface area contributed by atoms with Gasteiger partial charge in [0.25, 0.3) is 11.8 Å². The molecule has 9 nitrogen and oxygen atoms in total. The zero-order valence-corrected chi connectivity index (χ0v) is 19.8. The van der Waals surface area contributed by atoms with Crippen molar-refractivity contribution >= 4 is 23.1 Å². The van der Waals surface area contributed by atoms with Gasteiger partial charge in [-0.25, -0.2) is 4.39 Å². The molecular weight excluding hydrogens is 526 g/mol. The second-order valence-corrected chi connectivity index (χ2v) is 7.99. The molecule has 0 saturated heterocycles. The number of carbonyl (C=O) groups excluding carboxylic acids is 2. The first kappa shape index (κ1) is 23.5. The molecule has 204 valence electrons. The van der Waals surface area contributed by atoms with E-state index >= 15 is 4.39 Å². The summed E-state index contributed by atoms with van der Waals surface area (Å²) < 4.78 is 95.8. The monoisotopic (exact) mass is 550 g/mol. The number of nitrogens with two attached hydrogens (primary N) is 1. The molecule has 4 rings (SSSR count). The molecule has 1 aliphatic rings. The van der Waals surface area contributed by atoms with Crippen LogP contribution in [0.4, 0.5) is 23.2 Å². The van der Waals surface area contributed by atoms with Crippen LogP contribution in [0.5, 0.6) is 23.0 Å². The second-order valence-electron chi connectivity index (χ2n) is 7.99. The number of amides is 2. The highest BCUT2D eigenvalue weighted by Crippen LogP contribution is 2.39. The minimum absolute atomic E-state index is 0.0328. The minimum Gasteiger partial charge on any atom is -0.493 e. The lowest BCUT2D eigenvalue weighted by Gasteiger charge is -2.19. The van der Waals surface area contributed by atoms with Crippen molar-refractivity contribution in [1.82, 2.24) is 4.98 Å². The number of methoxy groups -OCH3 is 1. The molecule has 1 aliphatic heterocycles. The highest BCUT2D eigenvalue weighted by Gasteiger charge is 2.31. The number of primary amides is 1. The zero-order chi connectivity index (χ0) is 30.7. The maximum atomic E-state index is 15.6. The lowest BCUT2D eigenvalue weighted by Crippen LogP contribution is -2.18. The van der Waals surface area contributed by atoms with Gasteiger partial charge < -0.3 is 30.0 Å². The van der Waals surface area contributed by atoms with E-state index in [0.29, 0.717) is 30.2 Å². The van der Waals surface area contributed by atoms with Crippen LogP contribution in [0.1, 0.15) is 36.9 Å². The summed E-state index contributed by atoms with van der Waals surface area (Å²) in [6.07, 6.45) is -1.82. The third-order valence-electron chi connectivity index (χ3n) is 5.36. The normalized spacial score (nSPS) is 14.8. The number of halogens is 4. The molecule has 3 N–H and O–H groups in total. The molecule has 39 heavy (non-hydrogen) atoms. The van der Waals surface area contributed by atoms with Gasteiger partial charge in [0.05, 0.1) is 24.4 Å². The molecule has 0 aliphatic carbocycles. The van der Waals surface area contributed by atoms with E-state index in [2.05, 4.69) is 15.0 Å². The number of carbonyl (C=O) groups is 2. The molecule has 13 heteroatoms. The van der Waals surface area contributed by atoms with E-state index in [-0.39, 0.29) is 18.0 Å². The molecule has 0 bridgehead atoms. The average Bonchev–Trinajstić information content (AvgIpc) is 2.88. The van der Waals surface area contributed by atoms with E-state index in [1.54, 1.807) is 6.08 Å². The van der Waals surface area contributed by atoms with Crippen LogP contribution in [0.15, 0.2) is 54.7 Å². The molecule has 0 saturated carbocycles. The molecule has 2 amide bonds. The average molecular weight is 550 g/mol. The Bertz CT molecular complexity index is 1550. The standard InChI is InChI=1S/C26H21F4N3O6/c1-36-21-13-17(39-26(28,29)30)2-3-20(21)38-22-11-15(14-5-8-37-9-6-14)10-18(27)23(22)25(35)33-16-4-7-32-19(12-16)24(31)34/h2-5,7,10-13H,6,8-9H2,1H3,(H2,31,34)(H,32,33,35)/i1D3. The number of anilines is 1. The Morgan fingerprint density at radius 2 is 1.95 bits per heavy atom. The fraction of sp³-hybridized carbons (Fsp3) is 0.192. The third kappa shape index (κ3) is 6.82. The van der Waals surface area contributed by atoms with Crippen LogP contribution < -0.4 is 25.3 Å². The third-order valence-corrected chi connectivity index (χ3v) is 5.36. The van der Waals surface area contributed by atoms with Gasteiger partial charge in [0, 0.05) is 18.0 Å². The van der Waals surface area contributed by atoms with Gasteiger partial charge in [-0.2, -0.15) is 0 Å². The number of benzene rings is 2. The Morgan fingerprint density at radius 3 is 2.64 bits per heavy atom. The minimum atomic E-state index is -5.10. The number of pyridine rings is 1. The zero-order valence-electron chi connectivity index (χ0n) is 22.8. The van der Waals surface area contributed by atoms with E-state index in [1.165, 1.54) is 18.3 Å². The van der Waals surface area contributed by atoms with Gasteiger partial charge in [-0.05, 0) is 54.0 Å². The van der Waals surface area contributed by atoms with Crippen molar-refractivity contribution in [3.05, 3.63) is 77.4 Å². The lowest BCUT2D eigenvalue weighted by atomic mass is 9.98. The molecular formula is C26H21F4N3O6.